The number of pyridine rings is 1. The van der Waals surface area contributed by atoms with Gasteiger partial charge < -0.3 is 10.4 Å². The summed E-state index contributed by atoms with van der Waals surface area (Å²) in [6.45, 7) is 3.19. The van der Waals surface area contributed by atoms with Gasteiger partial charge in [0.05, 0.1) is 0 Å². The molecule has 0 spiro atoms. The Hall–Kier alpha value is -1.11. The predicted octanol–water partition coefficient (Wildman–Crippen LogP) is 1.18. The molecule has 2 aromatic rings. The van der Waals surface area contributed by atoms with Crippen LogP contribution >= 0.6 is 11.8 Å². The number of aromatic nitrogens is 3. The smallest absolute Gasteiger partial charge is 0.195 e. The minimum atomic E-state index is 0.207. The molecule has 1 unspecified atom stereocenters. The van der Waals surface area contributed by atoms with Crippen LogP contribution in [-0.2, 0) is 0 Å². The number of nitrogens with one attached hydrogen (secondary N) is 1. The Morgan fingerprint density at radius 3 is 3.11 bits per heavy atom. The molecule has 5 nitrogen and oxygen atoms in total. The Morgan fingerprint density at radius 1 is 1.44 bits per heavy atom. The molecule has 0 aromatic carbocycles. The van der Waals surface area contributed by atoms with E-state index in [1.54, 1.807) is 11.8 Å². The molecule has 18 heavy (non-hydrogen) atoms. The van der Waals surface area contributed by atoms with Crippen molar-refractivity contribution in [2.45, 2.75) is 24.5 Å². The van der Waals surface area contributed by atoms with E-state index in [0.717, 1.165) is 29.5 Å². The Bertz CT molecular complexity index is 482. The average Bonchev–Trinajstić information content (AvgIpc) is 2.80. The van der Waals surface area contributed by atoms with Gasteiger partial charge in [0.2, 0.25) is 0 Å². The number of aliphatic hydroxyl groups excluding tert-OH is 1. The van der Waals surface area contributed by atoms with Crippen LogP contribution in [0.3, 0.4) is 0 Å². The molecule has 98 valence electrons. The van der Waals surface area contributed by atoms with E-state index in [2.05, 4.69) is 22.4 Å². The molecule has 0 amide bonds. The first-order chi connectivity index (χ1) is 8.85. The first-order valence-electron chi connectivity index (χ1n) is 6.12. The van der Waals surface area contributed by atoms with E-state index in [1.807, 2.05) is 28.8 Å². The first kappa shape index (κ1) is 13.3. The highest BCUT2D eigenvalue weighted by Gasteiger charge is 2.10. The van der Waals surface area contributed by atoms with E-state index in [1.165, 1.54) is 0 Å². The highest BCUT2D eigenvalue weighted by atomic mass is 32.2. The topological polar surface area (TPSA) is 62.5 Å². The molecule has 0 fully saturated rings. The maximum atomic E-state index is 9.01. The lowest BCUT2D eigenvalue weighted by atomic mass is 10.2. The van der Waals surface area contributed by atoms with Gasteiger partial charge in [0, 0.05) is 24.6 Å². The van der Waals surface area contributed by atoms with E-state index in [4.69, 9.17) is 5.11 Å². The predicted molar refractivity (Wildman–Crippen MR) is 72.9 cm³/mol. The molecule has 2 heterocycles. The number of nitrogens with zero attached hydrogens (tertiary/aromatic N) is 3. The van der Waals surface area contributed by atoms with Crippen molar-refractivity contribution in [2.75, 3.05) is 18.9 Å². The van der Waals surface area contributed by atoms with Crippen LogP contribution in [0.4, 0.5) is 0 Å². The molecule has 0 aliphatic carbocycles. The van der Waals surface area contributed by atoms with Crippen LogP contribution in [0.2, 0.25) is 0 Å². The van der Waals surface area contributed by atoms with Gasteiger partial charge in [0.15, 0.2) is 10.8 Å². The van der Waals surface area contributed by atoms with E-state index >= 15 is 0 Å². The first-order valence-corrected chi connectivity index (χ1v) is 7.10. The number of aliphatic hydroxyl groups is 1. The van der Waals surface area contributed by atoms with Crippen LogP contribution < -0.4 is 5.32 Å². The zero-order chi connectivity index (χ0) is 12.8. The van der Waals surface area contributed by atoms with Crippen molar-refractivity contribution in [3.63, 3.8) is 0 Å². The average molecular weight is 266 g/mol. The summed E-state index contributed by atoms with van der Waals surface area (Å²) in [6.07, 6.45) is 2.73. The summed E-state index contributed by atoms with van der Waals surface area (Å²) in [7, 11) is 0. The van der Waals surface area contributed by atoms with Gasteiger partial charge in [-0.2, -0.15) is 0 Å². The summed E-state index contributed by atoms with van der Waals surface area (Å²) < 4.78 is 1.98. The van der Waals surface area contributed by atoms with Gasteiger partial charge in [-0.05, 0) is 25.1 Å². The lowest BCUT2D eigenvalue weighted by molar-refractivity contribution is 0.271. The molecule has 0 saturated carbocycles. The van der Waals surface area contributed by atoms with Crippen molar-refractivity contribution in [1.29, 1.82) is 0 Å². The largest absolute Gasteiger partial charge is 0.396 e. The second-order valence-corrected chi connectivity index (χ2v) is 4.98. The molecule has 0 aliphatic rings. The summed E-state index contributed by atoms with van der Waals surface area (Å²) in [5.74, 6) is 0.879. The van der Waals surface area contributed by atoms with Crippen molar-refractivity contribution in [2.24, 2.45) is 0 Å². The van der Waals surface area contributed by atoms with Gasteiger partial charge in [-0.25, -0.2) is 0 Å². The monoisotopic (exact) mass is 266 g/mol. The molecule has 2 aromatic heterocycles. The van der Waals surface area contributed by atoms with Crippen LogP contribution in [0.5, 0.6) is 0 Å². The zero-order valence-electron chi connectivity index (χ0n) is 10.4. The van der Waals surface area contributed by atoms with Gasteiger partial charge in [-0.1, -0.05) is 24.8 Å². The molecule has 2 rings (SSSR count). The van der Waals surface area contributed by atoms with Crippen molar-refractivity contribution in [3.05, 3.63) is 24.4 Å². The van der Waals surface area contributed by atoms with Crippen molar-refractivity contribution >= 4 is 17.4 Å². The van der Waals surface area contributed by atoms with Crippen LogP contribution in [-0.4, -0.2) is 44.7 Å². The van der Waals surface area contributed by atoms with E-state index in [-0.39, 0.29) is 6.61 Å². The Balaban J connectivity index is 2.00. The molecular formula is C12H18N4OS. The van der Waals surface area contributed by atoms with E-state index in [9.17, 15) is 0 Å². The minimum Gasteiger partial charge on any atom is -0.396 e. The zero-order valence-corrected chi connectivity index (χ0v) is 11.2. The maximum absolute atomic E-state index is 9.01. The molecule has 1 atom stereocenters. The molecule has 0 radical (unpaired) electrons. The van der Waals surface area contributed by atoms with Crippen LogP contribution in [0.25, 0.3) is 5.65 Å². The Kier molecular flexibility index (Phi) is 4.98. The lowest BCUT2D eigenvalue weighted by Gasteiger charge is -2.15. The quantitative estimate of drug-likeness (QED) is 0.737. The Morgan fingerprint density at radius 2 is 2.33 bits per heavy atom. The minimum absolute atomic E-state index is 0.207. The molecule has 0 bridgehead atoms. The molecular weight excluding hydrogens is 248 g/mol. The number of thioether (sulfide) groups is 1. The second-order valence-electron chi connectivity index (χ2n) is 3.99. The molecule has 2 N–H and O–H groups in total. The van der Waals surface area contributed by atoms with Gasteiger partial charge in [0.1, 0.15) is 0 Å². The summed E-state index contributed by atoms with van der Waals surface area (Å²) in [6, 6.07) is 6.16. The fraction of sp³-hybridized carbons (Fsp3) is 0.500. The fourth-order valence-corrected chi connectivity index (χ4v) is 2.81. The number of hydrogen-bond acceptors (Lipinski definition) is 5. The van der Waals surface area contributed by atoms with E-state index in [0.29, 0.717) is 6.04 Å². The van der Waals surface area contributed by atoms with Crippen molar-refractivity contribution in [3.8, 4) is 0 Å². The molecule has 6 heteroatoms. The lowest BCUT2D eigenvalue weighted by Crippen LogP contribution is -2.32. The third kappa shape index (κ3) is 3.22. The van der Waals surface area contributed by atoms with Crippen LogP contribution in [0.15, 0.2) is 29.6 Å². The number of hydrogen-bond donors (Lipinski definition) is 2. The molecule has 0 saturated heterocycles. The van der Waals surface area contributed by atoms with Crippen LogP contribution in [0, 0.1) is 0 Å². The summed E-state index contributed by atoms with van der Waals surface area (Å²) in [5, 5.41) is 21.5. The van der Waals surface area contributed by atoms with Crippen molar-refractivity contribution in [1.82, 2.24) is 19.9 Å². The second kappa shape index (κ2) is 6.72. The maximum Gasteiger partial charge on any atom is 0.195 e. The number of fused-ring (bicyclic) bond motifs is 1. The van der Waals surface area contributed by atoms with Crippen LogP contribution in [0.1, 0.15) is 13.3 Å². The molecule has 0 aliphatic heterocycles. The standard InChI is InChI=1S/C12H18N4OS/c1-2-13-10(6-8-17)9-18-12-15-14-11-5-3-4-7-16(11)12/h3-5,7,10,13,17H,2,6,8-9H2,1H3. The van der Waals surface area contributed by atoms with Gasteiger partial charge in [0.25, 0.3) is 0 Å². The third-order valence-electron chi connectivity index (χ3n) is 2.67. The highest BCUT2D eigenvalue weighted by molar-refractivity contribution is 7.99. The number of rotatable bonds is 7. The van der Waals surface area contributed by atoms with Gasteiger partial charge in [-0.3, -0.25) is 4.40 Å². The normalized spacial score (nSPS) is 13.0. The third-order valence-corrected chi connectivity index (χ3v) is 3.77. The van der Waals surface area contributed by atoms with Crippen molar-refractivity contribution < 1.29 is 5.11 Å². The Labute approximate surface area is 111 Å². The van der Waals surface area contributed by atoms with Gasteiger partial charge >= 0.3 is 0 Å². The SMILES string of the molecule is CCNC(CCO)CSc1nnc2ccccn12. The summed E-state index contributed by atoms with van der Waals surface area (Å²) in [4.78, 5) is 0. The highest BCUT2D eigenvalue weighted by Crippen LogP contribution is 2.18. The fourth-order valence-electron chi connectivity index (χ4n) is 1.78. The van der Waals surface area contributed by atoms with E-state index < -0.39 is 0 Å². The summed E-state index contributed by atoms with van der Waals surface area (Å²) in [5.41, 5.74) is 0.863. The summed E-state index contributed by atoms with van der Waals surface area (Å²) >= 11 is 1.66. The van der Waals surface area contributed by atoms with Gasteiger partial charge in [-0.15, -0.1) is 10.2 Å².